The molecule has 1 N–H and O–H groups in total. The molecular formula is C27H23N3S2. The molecule has 0 radical (unpaired) electrons. The molecule has 32 heavy (non-hydrogen) atoms. The van der Waals surface area contributed by atoms with E-state index >= 15 is 0 Å². The van der Waals surface area contributed by atoms with Gasteiger partial charge in [0.2, 0.25) is 0 Å². The predicted molar refractivity (Wildman–Crippen MR) is 138 cm³/mol. The molecular weight excluding hydrogens is 430 g/mol. The molecule has 1 aliphatic carbocycles. The molecule has 5 heteroatoms. The molecule has 6 rings (SSSR count). The number of rotatable bonds is 3. The monoisotopic (exact) mass is 453 g/mol. The highest BCUT2D eigenvalue weighted by atomic mass is 32.2. The normalized spacial score (nSPS) is 23.3. The largest absolute Gasteiger partial charge is 0.332 e. The summed E-state index contributed by atoms with van der Waals surface area (Å²) in [6, 6.07) is 26.5. The predicted octanol–water partition coefficient (Wildman–Crippen LogP) is 6.80. The minimum absolute atomic E-state index is 0.163. The quantitative estimate of drug-likeness (QED) is 0.472. The maximum Gasteiger partial charge on any atom is 0.126 e. The van der Waals surface area contributed by atoms with Gasteiger partial charge in [-0.15, -0.1) is 11.8 Å². The van der Waals surface area contributed by atoms with Gasteiger partial charge in [-0.25, -0.2) is 0 Å². The summed E-state index contributed by atoms with van der Waals surface area (Å²) in [4.78, 5) is 3.80. The zero-order chi connectivity index (χ0) is 21.5. The third-order valence-electron chi connectivity index (χ3n) is 6.03. The minimum atomic E-state index is 0.163. The topological polar surface area (TPSA) is 27.6 Å². The third kappa shape index (κ3) is 3.55. The Morgan fingerprint density at radius 2 is 1.62 bits per heavy atom. The lowest BCUT2D eigenvalue weighted by molar-refractivity contribution is 0.743. The third-order valence-corrected chi connectivity index (χ3v) is 8.50. The van der Waals surface area contributed by atoms with Crippen molar-refractivity contribution in [2.75, 3.05) is 4.90 Å². The lowest BCUT2D eigenvalue weighted by Crippen LogP contribution is -2.41. The molecule has 2 aliphatic heterocycles. The van der Waals surface area contributed by atoms with E-state index in [4.69, 9.17) is 0 Å². The number of nitrogens with one attached hydrogen (secondary N) is 1. The van der Waals surface area contributed by atoms with Crippen molar-refractivity contribution in [3.63, 3.8) is 0 Å². The maximum atomic E-state index is 4.62. The zero-order valence-corrected chi connectivity index (χ0v) is 19.3. The van der Waals surface area contributed by atoms with Crippen LogP contribution in [0.25, 0.3) is 0 Å². The second-order valence-corrected chi connectivity index (χ2v) is 10.5. The Hall–Kier alpha value is -2.89. The summed E-state index contributed by atoms with van der Waals surface area (Å²) >= 11 is 3.72. The van der Waals surface area contributed by atoms with Crippen molar-refractivity contribution in [3.8, 4) is 0 Å². The van der Waals surface area contributed by atoms with Gasteiger partial charge in [-0.05, 0) is 36.8 Å². The number of aryl methyl sites for hydroxylation is 1. The van der Waals surface area contributed by atoms with E-state index in [0.29, 0.717) is 11.3 Å². The van der Waals surface area contributed by atoms with Gasteiger partial charge in [0, 0.05) is 16.1 Å². The first-order valence-electron chi connectivity index (χ1n) is 10.8. The van der Waals surface area contributed by atoms with E-state index in [1.165, 1.54) is 27.4 Å². The van der Waals surface area contributed by atoms with E-state index in [1.54, 1.807) is 11.8 Å². The van der Waals surface area contributed by atoms with E-state index < -0.39 is 0 Å². The lowest BCUT2D eigenvalue weighted by atomic mass is 10.0. The number of hydrazone groups is 1. The van der Waals surface area contributed by atoms with Crippen LogP contribution in [0.2, 0.25) is 0 Å². The molecule has 2 heterocycles. The lowest BCUT2D eigenvalue weighted by Gasteiger charge is -2.42. The number of allylic oxidation sites excluding steroid dienone is 2. The van der Waals surface area contributed by atoms with Gasteiger partial charge in [-0.2, -0.15) is 5.10 Å². The van der Waals surface area contributed by atoms with E-state index in [9.17, 15) is 0 Å². The number of thioether (sulfide) groups is 2. The maximum absolute atomic E-state index is 4.62. The van der Waals surface area contributed by atoms with Gasteiger partial charge in [0.25, 0.3) is 0 Å². The fourth-order valence-electron chi connectivity index (χ4n) is 4.35. The fourth-order valence-corrected chi connectivity index (χ4v) is 6.61. The van der Waals surface area contributed by atoms with Gasteiger partial charge < -0.3 is 4.90 Å². The molecule has 3 unspecified atom stereocenters. The van der Waals surface area contributed by atoms with Crippen molar-refractivity contribution in [2.24, 2.45) is 5.10 Å². The number of nitrogens with zero attached hydrogens (tertiary/aromatic N) is 2. The van der Waals surface area contributed by atoms with Gasteiger partial charge in [0.05, 0.1) is 17.0 Å². The number of hydrogen-bond donors (Lipinski definition) is 1. The Morgan fingerprint density at radius 1 is 0.844 bits per heavy atom. The second kappa shape index (κ2) is 8.23. The Labute approximate surface area is 197 Å². The first-order valence-corrected chi connectivity index (χ1v) is 12.6. The van der Waals surface area contributed by atoms with Gasteiger partial charge in [-0.3, -0.25) is 5.43 Å². The van der Waals surface area contributed by atoms with Gasteiger partial charge in [0.15, 0.2) is 0 Å². The van der Waals surface area contributed by atoms with Crippen LogP contribution in [0, 0.1) is 6.92 Å². The number of hydrogen-bond acceptors (Lipinski definition) is 5. The highest BCUT2D eigenvalue weighted by Gasteiger charge is 2.34. The highest BCUT2D eigenvalue weighted by Crippen LogP contribution is 2.47. The van der Waals surface area contributed by atoms with Crippen molar-refractivity contribution in [3.05, 3.63) is 114 Å². The Kier molecular flexibility index (Phi) is 5.08. The molecule has 0 fully saturated rings. The van der Waals surface area contributed by atoms with E-state index in [0.717, 1.165) is 10.6 Å². The van der Waals surface area contributed by atoms with Crippen molar-refractivity contribution >= 4 is 39.9 Å². The second-order valence-electron chi connectivity index (χ2n) is 8.18. The fraction of sp³-hybridized carbons (Fsp3) is 0.148. The summed E-state index contributed by atoms with van der Waals surface area (Å²) in [5, 5.41) is 6.24. The van der Waals surface area contributed by atoms with Gasteiger partial charge in [-0.1, -0.05) is 90.2 Å². The summed E-state index contributed by atoms with van der Waals surface area (Å²) < 4.78 is 0. The van der Waals surface area contributed by atoms with Crippen LogP contribution in [0.5, 0.6) is 0 Å². The van der Waals surface area contributed by atoms with Gasteiger partial charge in [0.1, 0.15) is 10.4 Å². The number of fused-ring (bicyclic) bond motifs is 2. The molecule has 3 aliphatic rings. The molecule has 0 saturated heterocycles. The molecule has 0 saturated carbocycles. The van der Waals surface area contributed by atoms with Crippen molar-refractivity contribution in [2.45, 2.75) is 28.5 Å². The molecule has 3 aromatic rings. The summed E-state index contributed by atoms with van der Waals surface area (Å²) in [6.45, 7) is 2.11. The van der Waals surface area contributed by atoms with Crippen LogP contribution in [0.3, 0.4) is 0 Å². The molecule has 0 amide bonds. The molecule has 3 atom stereocenters. The molecule has 0 bridgehead atoms. The van der Waals surface area contributed by atoms with Crippen LogP contribution in [0.15, 0.2) is 107 Å². The van der Waals surface area contributed by atoms with E-state index in [1.807, 2.05) is 11.8 Å². The average Bonchev–Trinajstić information content (AvgIpc) is 3.33. The molecule has 3 nitrogen and oxygen atoms in total. The standard InChI is InChI=1S/C27H23N3S2/c1-18-10-12-19(13-11-18)26-28-29-27(32-26)20-14-16-21(17-15-20)30-22-6-2-4-8-24(22)31-25-9-5-3-7-23(25)30/h2-17,22,24,26,28H,1H3. The van der Waals surface area contributed by atoms with Crippen LogP contribution in [0.1, 0.15) is 22.1 Å². The van der Waals surface area contributed by atoms with Crippen molar-refractivity contribution < 1.29 is 0 Å². The molecule has 158 valence electrons. The number of para-hydroxylation sites is 1. The van der Waals surface area contributed by atoms with Crippen LogP contribution < -0.4 is 10.3 Å². The van der Waals surface area contributed by atoms with E-state index in [2.05, 4.69) is 119 Å². The van der Waals surface area contributed by atoms with Crippen LogP contribution in [0.4, 0.5) is 11.4 Å². The van der Waals surface area contributed by atoms with E-state index in [-0.39, 0.29) is 5.37 Å². The summed E-state index contributed by atoms with van der Waals surface area (Å²) in [5.74, 6) is 0. The molecule has 0 spiro atoms. The first kappa shape index (κ1) is 19.8. The Balaban J connectivity index is 1.26. The van der Waals surface area contributed by atoms with Crippen LogP contribution in [-0.2, 0) is 0 Å². The van der Waals surface area contributed by atoms with Crippen molar-refractivity contribution in [1.82, 2.24) is 5.43 Å². The molecule has 0 aromatic heterocycles. The van der Waals surface area contributed by atoms with Crippen LogP contribution >= 0.6 is 23.5 Å². The minimum Gasteiger partial charge on any atom is -0.332 e. The SMILES string of the molecule is Cc1ccc(C2NN=C(c3ccc(N4c5ccccc5SC5C=CC=CC54)cc3)S2)cc1. The van der Waals surface area contributed by atoms with Crippen molar-refractivity contribution in [1.29, 1.82) is 0 Å². The number of anilines is 2. The number of benzene rings is 3. The average molecular weight is 454 g/mol. The summed E-state index contributed by atoms with van der Waals surface area (Å²) in [7, 11) is 0. The van der Waals surface area contributed by atoms with Gasteiger partial charge >= 0.3 is 0 Å². The Bertz CT molecular complexity index is 1230. The smallest absolute Gasteiger partial charge is 0.126 e. The summed E-state index contributed by atoms with van der Waals surface area (Å²) in [6.07, 6.45) is 8.95. The summed E-state index contributed by atoms with van der Waals surface area (Å²) in [5.41, 5.74) is 9.45. The molecule has 3 aromatic carbocycles. The van der Waals surface area contributed by atoms with Crippen LogP contribution in [-0.4, -0.2) is 16.3 Å². The Morgan fingerprint density at radius 3 is 2.47 bits per heavy atom. The zero-order valence-electron chi connectivity index (χ0n) is 17.7. The first-order chi connectivity index (χ1) is 15.8. The highest BCUT2D eigenvalue weighted by molar-refractivity contribution is 8.14.